The Balaban J connectivity index is 1.95. The fraction of sp³-hybridized carbons (Fsp3) is 0.444. The van der Waals surface area contributed by atoms with Crippen LogP contribution in [0, 0.1) is 10.1 Å². The van der Waals surface area contributed by atoms with Gasteiger partial charge in [-0.1, -0.05) is 12.1 Å². The van der Waals surface area contributed by atoms with Gasteiger partial charge in [0.1, 0.15) is 0 Å². The molecule has 1 saturated heterocycles. The summed E-state index contributed by atoms with van der Waals surface area (Å²) in [6, 6.07) is 5.00. The first-order valence-electron chi connectivity index (χ1n) is 8.70. The Morgan fingerprint density at radius 1 is 1.30 bits per heavy atom. The van der Waals surface area contributed by atoms with Crippen molar-refractivity contribution >= 4 is 17.4 Å². The number of para-hydroxylation sites is 1. The molecule has 1 fully saturated rings. The van der Waals surface area contributed by atoms with Crippen LogP contribution < -0.4 is 0 Å². The number of hydrogen-bond donors (Lipinski definition) is 1. The number of morpholine rings is 1. The Hall–Kier alpha value is -2.78. The number of ether oxygens (including phenoxy) is 1. The zero-order valence-corrected chi connectivity index (χ0v) is 15.0. The number of nitrogens with zero attached hydrogens (tertiary/aromatic N) is 3. The quantitative estimate of drug-likeness (QED) is 0.587. The molecule has 144 valence electrons. The van der Waals surface area contributed by atoms with E-state index >= 15 is 0 Å². The molecule has 1 N–H and O–H groups in total. The summed E-state index contributed by atoms with van der Waals surface area (Å²) < 4.78 is 5.30. The maximum absolute atomic E-state index is 12.6. The van der Waals surface area contributed by atoms with Gasteiger partial charge in [0.15, 0.2) is 11.5 Å². The summed E-state index contributed by atoms with van der Waals surface area (Å²) in [6.07, 6.45) is 0. The molecule has 1 aromatic carbocycles. The third-order valence-electron chi connectivity index (χ3n) is 4.87. The molecule has 2 heterocycles. The molecule has 1 unspecified atom stereocenters. The van der Waals surface area contributed by atoms with Crippen LogP contribution in [0.5, 0.6) is 0 Å². The van der Waals surface area contributed by atoms with Crippen molar-refractivity contribution in [3.05, 3.63) is 51.3 Å². The average Bonchev–Trinajstić information content (AvgIpc) is 2.91. The normalized spacial score (nSPS) is 21.0. The van der Waals surface area contributed by atoms with Crippen LogP contribution in [0.1, 0.15) is 18.5 Å². The third kappa shape index (κ3) is 3.69. The van der Waals surface area contributed by atoms with E-state index in [9.17, 15) is 24.8 Å². The minimum atomic E-state index is -0.974. The summed E-state index contributed by atoms with van der Waals surface area (Å²) in [5.74, 6) is -1.80. The minimum Gasteiger partial charge on any atom is -0.503 e. The van der Waals surface area contributed by atoms with E-state index in [1.807, 2.05) is 0 Å². The van der Waals surface area contributed by atoms with Crippen molar-refractivity contribution in [2.24, 2.45) is 0 Å². The van der Waals surface area contributed by atoms with Gasteiger partial charge in [-0.25, -0.2) is 0 Å². The predicted octanol–water partition coefficient (Wildman–Crippen LogP) is 1.21. The van der Waals surface area contributed by atoms with Crippen LogP contribution in [-0.2, 0) is 14.3 Å². The molecule has 9 nitrogen and oxygen atoms in total. The molecule has 0 bridgehead atoms. The molecular formula is C18H21N3O6. The van der Waals surface area contributed by atoms with Gasteiger partial charge in [0.2, 0.25) is 0 Å². The van der Waals surface area contributed by atoms with Gasteiger partial charge in [0.25, 0.3) is 11.6 Å². The summed E-state index contributed by atoms with van der Waals surface area (Å²) in [4.78, 5) is 39.1. The van der Waals surface area contributed by atoms with Gasteiger partial charge in [0, 0.05) is 32.2 Å². The molecule has 0 saturated carbocycles. The second-order valence-corrected chi connectivity index (χ2v) is 6.49. The van der Waals surface area contributed by atoms with E-state index in [-0.39, 0.29) is 23.4 Å². The lowest BCUT2D eigenvalue weighted by atomic mass is 9.95. The number of amides is 1. The van der Waals surface area contributed by atoms with Gasteiger partial charge >= 0.3 is 0 Å². The van der Waals surface area contributed by atoms with Crippen LogP contribution in [-0.4, -0.2) is 70.9 Å². The van der Waals surface area contributed by atoms with Crippen LogP contribution in [0.2, 0.25) is 0 Å². The number of ketones is 1. The Bertz CT molecular complexity index is 800. The zero-order chi connectivity index (χ0) is 19.6. The van der Waals surface area contributed by atoms with Crippen LogP contribution in [0.4, 0.5) is 5.69 Å². The number of Topliss-reactive ketones (excluding diaryl/α,β-unsaturated/α-hetero) is 1. The summed E-state index contributed by atoms with van der Waals surface area (Å²) in [5, 5.41) is 21.7. The molecule has 3 rings (SSSR count). The molecule has 0 aliphatic carbocycles. The fourth-order valence-corrected chi connectivity index (χ4v) is 3.53. The van der Waals surface area contributed by atoms with E-state index in [0.717, 1.165) is 13.1 Å². The molecule has 1 amide bonds. The minimum absolute atomic E-state index is 0.101. The third-order valence-corrected chi connectivity index (χ3v) is 4.87. The van der Waals surface area contributed by atoms with Crippen LogP contribution >= 0.6 is 0 Å². The van der Waals surface area contributed by atoms with Gasteiger partial charge in [-0.05, 0) is 13.0 Å². The molecule has 1 aromatic rings. The van der Waals surface area contributed by atoms with E-state index in [4.69, 9.17) is 4.74 Å². The highest BCUT2D eigenvalue weighted by Gasteiger charge is 2.44. The van der Waals surface area contributed by atoms with Crippen LogP contribution in [0.3, 0.4) is 0 Å². The molecule has 2 aliphatic heterocycles. The highest BCUT2D eigenvalue weighted by atomic mass is 16.6. The number of hydrogen-bond acceptors (Lipinski definition) is 7. The molecular weight excluding hydrogens is 354 g/mol. The Labute approximate surface area is 156 Å². The van der Waals surface area contributed by atoms with E-state index in [0.29, 0.717) is 19.8 Å². The lowest BCUT2D eigenvalue weighted by molar-refractivity contribution is -0.385. The molecule has 0 radical (unpaired) electrons. The maximum Gasteiger partial charge on any atom is 0.290 e. The standard InChI is InChI=1S/C18H21N3O6/c1-12(22)15-16(13-4-2-3-5-14(13)21(25)26)20(18(24)17(15)23)7-6-19-8-10-27-11-9-19/h2-5,16,23H,6-11H2,1H3. The summed E-state index contributed by atoms with van der Waals surface area (Å²) in [7, 11) is 0. The number of carbonyl (C=O) groups excluding carboxylic acids is 2. The number of nitro benzene ring substituents is 1. The largest absolute Gasteiger partial charge is 0.503 e. The number of benzene rings is 1. The summed E-state index contributed by atoms with van der Waals surface area (Å²) >= 11 is 0. The maximum atomic E-state index is 12.6. The van der Waals surface area contributed by atoms with E-state index in [1.165, 1.54) is 30.0 Å². The van der Waals surface area contributed by atoms with E-state index in [1.54, 1.807) is 6.07 Å². The van der Waals surface area contributed by atoms with Gasteiger partial charge in [0.05, 0.1) is 35.3 Å². The monoisotopic (exact) mass is 375 g/mol. The molecule has 1 atom stereocenters. The van der Waals surface area contributed by atoms with Crippen molar-refractivity contribution in [1.29, 1.82) is 0 Å². The van der Waals surface area contributed by atoms with Gasteiger partial charge < -0.3 is 14.7 Å². The number of nitro groups is 1. The Morgan fingerprint density at radius 2 is 1.96 bits per heavy atom. The first kappa shape index (κ1) is 19.0. The fourth-order valence-electron chi connectivity index (χ4n) is 3.53. The number of aliphatic hydroxyl groups excluding tert-OH is 1. The molecule has 0 aromatic heterocycles. The molecule has 2 aliphatic rings. The lowest BCUT2D eigenvalue weighted by Gasteiger charge is -2.31. The SMILES string of the molecule is CC(=O)C1=C(O)C(=O)N(CCN2CCOCC2)C1c1ccccc1[N+](=O)[O-]. The first-order chi connectivity index (χ1) is 12.9. The summed E-state index contributed by atoms with van der Waals surface area (Å²) in [5.41, 5.74) is -0.0801. The number of rotatable bonds is 6. The second kappa shape index (κ2) is 7.85. The van der Waals surface area contributed by atoms with Crippen LogP contribution in [0.15, 0.2) is 35.6 Å². The van der Waals surface area contributed by atoms with Crippen LogP contribution in [0.25, 0.3) is 0 Å². The highest BCUT2D eigenvalue weighted by Crippen LogP contribution is 2.40. The van der Waals surface area contributed by atoms with Gasteiger partial charge in [-0.2, -0.15) is 0 Å². The van der Waals surface area contributed by atoms with Gasteiger partial charge in [-0.3, -0.25) is 24.6 Å². The molecule has 27 heavy (non-hydrogen) atoms. The predicted molar refractivity (Wildman–Crippen MR) is 95.1 cm³/mol. The number of aliphatic hydroxyl groups is 1. The van der Waals surface area contributed by atoms with Crippen molar-refractivity contribution < 1.29 is 24.4 Å². The number of carbonyl (C=O) groups is 2. The second-order valence-electron chi connectivity index (χ2n) is 6.49. The van der Waals surface area contributed by atoms with Gasteiger partial charge in [-0.15, -0.1) is 0 Å². The Morgan fingerprint density at radius 3 is 2.59 bits per heavy atom. The van der Waals surface area contributed by atoms with Crippen molar-refractivity contribution in [2.45, 2.75) is 13.0 Å². The first-order valence-corrected chi connectivity index (χ1v) is 8.70. The van der Waals surface area contributed by atoms with E-state index in [2.05, 4.69) is 4.90 Å². The Kier molecular flexibility index (Phi) is 5.52. The van der Waals surface area contributed by atoms with Crippen molar-refractivity contribution in [2.75, 3.05) is 39.4 Å². The molecule has 9 heteroatoms. The highest BCUT2D eigenvalue weighted by molar-refractivity contribution is 6.08. The smallest absolute Gasteiger partial charge is 0.290 e. The van der Waals surface area contributed by atoms with Crippen molar-refractivity contribution in [3.63, 3.8) is 0 Å². The topological polar surface area (TPSA) is 113 Å². The average molecular weight is 375 g/mol. The summed E-state index contributed by atoms with van der Waals surface area (Å²) in [6.45, 7) is 4.63. The van der Waals surface area contributed by atoms with Crippen molar-refractivity contribution in [3.8, 4) is 0 Å². The zero-order valence-electron chi connectivity index (χ0n) is 15.0. The van der Waals surface area contributed by atoms with Crippen molar-refractivity contribution in [1.82, 2.24) is 9.80 Å². The van der Waals surface area contributed by atoms with E-state index < -0.39 is 28.4 Å². The lowest BCUT2D eigenvalue weighted by Crippen LogP contribution is -2.43. The molecule has 0 spiro atoms.